The van der Waals surface area contributed by atoms with Crippen LogP contribution >= 0.6 is 25.8 Å². The number of ether oxygens (including phenoxy) is 2. The highest BCUT2D eigenvalue weighted by Gasteiger charge is 2.55. The number of nitrogens with one attached hydrogen (secondary N) is 2. The number of imidazole rings is 1. The van der Waals surface area contributed by atoms with Gasteiger partial charge < -0.3 is 44.7 Å². The Labute approximate surface area is 326 Å². The zero-order chi connectivity index (χ0) is 39.2. The minimum atomic E-state index is -4.29. The number of aryl methyl sites for hydroxylation is 1. The maximum atomic E-state index is 14.1. The first kappa shape index (κ1) is 39.5. The van der Waals surface area contributed by atoms with E-state index in [-0.39, 0.29) is 28.8 Å². The molecular weight excluding hydrogens is 815 g/mol. The molecule has 10 atom stereocenters. The number of hydrogen-bond donors (Lipinski definition) is 6. The average molecular weight is 859 g/mol. The van der Waals surface area contributed by atoms with Crippen molar-refractivity contribution in [2.45, 2.75) is 101 Å². The summed E-state index contributed by atoms with van der Waals surface area (Å²) in [6.45, 7) is 2.07. The summed E-state index contributed by atoms with van der Waals surface area (Å²) >= 11 is 9.96. The van der Waals surface area contributed by atoms with Crippen LogP contribution in [0.5, 0.6) is 0 Å². The molecule has 0 aromatic carbocycles. The van der Waals surface area contributed by atoms with Crippen molar-refractivity contribution in [3.8, 4) is 0 Å². The Kier molecular flexibility index (Phi) is 10.2. The summed E-state index contributed by atoms with van der Waals surface area (Å²) in [6, 6.07) is -1.04. The molecule has 4 aromatic rings. The number of nitrogens with two attached hydrogens (primary N) is 2. The van der Waals surface area contributed by atoms with E-state index in [0.29, 0.717) is 11.5 Å². The maximum absolute atomic E-state index is 14.1. The van der Waals surface area contributed by atoms with Crippen LogP contribution in [0.1, 0.15) is 45.2 Å². The fourth-order valence-corrected chi connectivity index (χ4v) is 11.3. The highest BCUT2D eigenvalue weighted by atomic mass is 32.7. The van der Waals surface area contributed by atoms with Gasteiger partial charge in [0.15, 0.2) is 31.9 Å². The highest BCUT2D eigenvalue weighted by molar-refractivity contribution is 8.44. The summed E-state index contributed by atoms with van der Waals surface area (Å²) in [5, 5.41) is 4.01. The number of aromatic amines is 1. The maximum Gasteiger partial charge on any atom is 0.386 e. The predicted octanol–water partition coefficient (Wildman–Crippen LogP) is 3.09. The number of nitrogens with zero attached hydrogens (tertiary/aromatic N) is 6. The fourth-order valence-electron chi connectivity index (χ4n) is 7.08. The van der Waals surface area contributed by atoms with E-state index < -0.39 is 83.0 Å². The minimum Gasteiger partial charge on any atom is -0.407 e. The van der Waals surface area contributed by atoms with Gasteiger partial charge in [-0.3, -0.25) is 27.9 Å². The normalized spacial score (nSPS) is 34.8. The predicted molar refractivity (Wildman–Crippen MR) is 210 cm³/mol. The molecule has 20 nitrogen and oxygen atoms in total. The van der Waals surface area contributed by atoms with Crippen molar-refractivity contribution in [2.24, 2.45) is 5.73 Å². The van der Waals surface area contributed by atoms with Crippen LogP contribution in [0.15, 0.2) is 23.6 Å². The lowest BCUT2D eigenvalue weighted by atomic mass is 10.1. The van der Waals surface area contributed by atoms with Gasteiger partial charge in [0.25, 0.3) is 5.56 Å². The zero-order valence-corrected chi connectivity index (χ0v) is 35.1. The number of hydrogen-bond acceptors (Lipinski definition) is 17. The second-order valence-electron chi connectivity index (χ2n) is 15.5. The lowest BCUT2D eigenvalue weighted by Crippen LogP contribution is -2.49. The monoisotopic (exact) mass is 858 g/mol. The largest absolute Gasteiger partial charge is 0.407 e. The first-order valence-electron chi connectivity index (χ1n) is 17.7. The Balaban J connectivity index is 1.17. The molecule has 0 saturated carbocycles. The summed E-state index contributed by atoms with van der Waals surface area (Å²) in [5.41, 5.74) is 13.5. The molecule has 0 amide bonds. The van der Waals surface area contributed by atoms with Gasteiger partial charge in [-0.25, -0.2) is 19.5 Å². The lowest BCUT2D eigenvalue weighted by Gasteiger charge is -2.41. The Morgan fingerprint density at radius 1 is 1.07 bits per heavy atom. The molecule has 4 aromatic heterocycles. The van der Waals surface area contributed by atoms with Gasteiger partial charge in [0, 0.05) is 12.7 Å². The Morgan fingerprint density at radius 3 is 2.58 bits per heavy atom. The third-order valence-electron chi connectivity index (χ3n) is 10.8. The number of H-pyrrole nitrogens is 1. The van der Waals surface area contributed by atoms with Crippen LogP contribution in [0.3, 0.4) is 0 Å². The van der Waals surface area contributed by atoms with Crippen molar-refractivity contribution in [3.63, 3.8) is 0 Å². The van der Waals surface area contributed by atoms with Crippen molar-refractivity contribution in [1.29, 1.82) is 0 Å². The summed E-state index contributed by atoms with van der Waals surface area (Å²) in [5.74, 6) is 0.549. The zero-order valence-electron chi connectivity index (χ0n) is 30.6. The van der Waals surface area contributed by atoms with Gasteiger partial charge in [-0.2, -0.15) is 4.98 Å². The summed E-state index contributed by atoms with van der Waals surface area (Å²) in [4.78, 5) is 44.1. The number of rotatable bonds is 4. The molecule has 0 spiro atoms. The molecule has 3 fully saturated rings. The fraction of sp³-hybridized carbons (Fsp3) is 0.633. The molecular formula is C30H44N10O10P2S2Si. The molecule has 2 bridgehead atoms. The van der Waals surface area contributed by atoms with Crippen molar-refractivity contribution in [2.75, 3.05) is 30.8 Å². The van der Waals surface area contributed by atoms with Crippen LogP contribution in [0.2, 0.25) is 18.1 Å². The number of nitrogen functional groups attached to an aromatic ring is 1. The summed E-state index contributed by atoms with van der Waals surface area (Å²) < 4.78 is 61.7. The molecule has 8 rings (SSSR count). The summed E-state index contributed by atoms with van der Waals surface area (Å²) in [7, 11) is -2.61. The molecule has 7 N–H and O–H groups in total. The van der Waals surface area contributed by atoms with E-state index >= 15 is 0 Å². The molecule has 0 radical (unpaired) electrons. The highest BCUT2D eigenvalue weighted by Crippen LogP contribution is 2.59. The van der Waals surface area contributed by atoms with Crippen LogP contribution in [-0.4, -0.2) is 104 Å². The van der Waals surface area contributed by atoms with Crippen molar-refractivity contribution in [3.05, 3.63) is 34.8 Å². The molecule has 0 aliphatic carbocycles. The second kappa shape index (κ2) is 14.2. The van der Waals surface area contributed by atoms with Crippen LogP contribution < -0.4 is 22.3 Å². The number of anilines is 2. The van der Waals surface area contributed by atoms with Crippen molar-refractivity contribution in [1.82, 2.24) is 34.1 Å². The average Bonchev–Trinajstić information content (AvgIpc) is 3.80. The van der Waals surface area contributed by atoms with Gasteiger partial charge in [0.05, 0.1) is 31.0 Å². The van der Waals surface area contributed by atoms with Crippen molar-refractivity contribution < 1.29 is 41.5 Å². The van der Waals surface area contributed by atoms with E-state index in [0.717, 1.165) is 30.3 Å². The molecule has 4 aliphatic heterocycles. The van der Waals surface area contributed by atoms with Crippen LogP contribution in [0.25, 0.3) is 22.2 Å². The summed E-state index contributed by atoms with van der Waals surface area (Å²) in [6.07, 6.45) is -0.865. The minimum absolute atomic E-state index is 0.0315. The van der Waals surface area contributed by atoms with Gasteiger partial charge in [-0.1, -0.05) is 33.0 Å². The Hall–Kier alpha value is -2.34. The van der Waals surface area contributed by atoms with E-state index in [1.165, 1.54) is 17.2 Å². The van der Waals surface area contributed by atoms with Gasteiger partial charge in [0.1, 0.15) is 48.3 Å². The molecule has 3 saturated heterocycles. The third-order valence-corrected chi connectivity index (χ3v) is 18.5. The standard InChI is InChI=1S/C30H44N10O10P2S2Si/c1-30(2,3)55(4,5)50-22-20-16(47-28(22)39-9-14-7-6-8-33-23-17(14)24(39)35-12-34-23)11-45-52(43,54)49-21-18(31)15(10-44-51(42,53)48-20)46-27(21)40-13-36-19-25(40)37-29(32)38-26(19)41/h9,12-13,15-16,18,20-22,27-28H,6-8,10-11,31H2,1-5H3,(H,42,53)(H,43,54)(H,33,34,35)(H3,32,37,38,41)/t15-,16-,18-,20-,21-,22-,27-,28-,51?,52?/m1/s1. The molecule has 55 heavy (non-hydrogen) atoms. The van der Waals surface area contributed by atoms with E-state index in [2.05, 4.69) is 76.4 Å². The van der Waals surface area contributed by atoms with Gasteiger partial charge in [-0.05, 0) is 48.3 Å². The van der Waals surface area contributed by atoms with Gasteiger partial charge in [-0.15, -0.1) is 0 Å². The van der Waals surface area contributed by atoms with Crippen molar-refractivity contribution >= 4 is 79.9 Å². The topological polar surface area (TPSA) is 260 Å². The van der Waals surface area contributed by atoms with E-state index in [4.69, 9.17) is 55.3 Å². The quantitative estimate of drug-likeness (QED) is 0.0979. The molecule has 4 aliphatic rings. The van der Waals surface area contributed by atoms with Gasteiger partial charge >= 0.3 is 13.5 Å². The van der Waals surface area contributed by atoms with E-state index in [1.54, 1.807) is 0 Å². The van der Waals surface area contributed by atoms with Crippen LogP contribution in [-0.2, 0) is 54.8 Å². The van der Waals surface area contributed by atoms with E-state index in [1.807, 2.05) is 10.8 Å². The first-order chi connectivity index (χ1) is 25.8. The third kappa shape index (κ3) is 7.35. The number of aromatic nitrogens is 7. The van der Waals surface area contributed by atoms with Crippen LogP contribution in [0, 0.1) is 0 Å². The Bertz CT molecular complexity index is 2290. The number of thiol groups is 1. The number of fused-ring (bicyclic) bond motifs is 4. The molecule has 8 heterocycles. The van der Waals surface area contributed by atoms with E-state index in [9.17, 15) is 14.3 Å². The lowest BCUT2D eigenvalue weighted by molar-refractivity contribution is -0.0580. The molecule has 300 valence electrons. The second-order valence-corrected chi connectivity index (χ2v) is 25.9. The Morgan fingerprint density at radius 2 is 1.82 bits per heavy atom. The molecule has 25 heteroatoms. The smallest absolute Gasteiger partial charge is 0.386 e. The SMILES string of the molecule is CC(C)(C)[Si](C)(C)O[C@@H]1[C@@H]2OP(O)(=S)OC[C@H]3O[C@@H](n4cnc5c(=O)[nH]c(N)nc54)[C@H](OP(=O)(S)OC[C@H]2O[C@H]1n1cc2c4c(ncnc41)NCCC2)[C@@H]3N. The van der Waals surface area contributed by atoms with Gasteiger partial charge in [0.2, 0.25) is 5.95 Å². The van der Waals surface area contributed by atoms with Crippen LogP contribution in [0.4, 0.5) is 11.8 Å². The molecule has 2 unspecified atom stereocenters. The first-order valence-corrected chi connectivity index (χ1v) is 25.9.